The molecule has 0 aromatic heterocycles. The van der Waals surface area contributed by atoms with Crippen LogP contribution in [-0.2, 0) is 4.74 Å². The van der Waals surface area contributed by atoms with Gasteiger partial charge in [0.25, 0.3) is 0 Å². The number of benzene rings is 2. The van der Waals surface area contributed by atoms with Gasteiger partial charge in [-0.2, -0.15) is 0 Å². The van der Waals surface area contributed by atoms with Crippen LogP contribution in [0.25, 0.3) is 0 Å². The molecule has 2 aromatic rings. The maximum atomic E-state index is 10.8. The molecule has 1 aliphatic heterocycles. The molecule has 2 radical (unpaired) electrons. The number of fused-ring (bicyclic) bond motifs is 2. The van der Waals surface area contributed by atoms with E-state index in [9.17, 15) is 5.11 Å². The summed E-state index contributed by atoms with van der Waals surface area (Å²) in [5.41, 5.74) is 5.11. The Morgan fingerprint density at radius 2 is 1.14 bits per heavy atom. The third kappa shape index (κ3) is 11.4. The highest BCUT2D eigenvalue weighted by atomic mass is 16.5. The van der Waals surface area contributed by atoms with Crippen LogP contribution in [0.2, 0.25) is 6.82 Å². The van der Waals surface area contributed by atoms with Crippen molar-refractivity contribution < 1.29 is 28.8 Å². The molecular weight excluding hydrogens is 719 g/mol. The van der Waals surface area contributed by atoms with Crippen LogP contribution >= 0.6 is 0 Å². The summed E-state index contributed by atoms with van der Waals surface area (Å²) in [4.78, 5) is 0. The Hall–Kier alpha value is -2.64. The van der Waals surface area contributed by atoms with Gasteiger partial charge in [-0.05, 0) is 147 Å². The lowest BCUT2D eigenvalue weighted by atomic mass is 9.46. The van der Waals surface area contributed by atoms with Crippen molar-refractivity contribution in [2.24, 2.45) is 51.2 Å². The predicted molar refractivity (Wildman–Crippen MR) is 242 cm³/mol. The van der Waals surface area contributed by atoms with Gasteiger partial charge in [-0.25, -0.2) is 0 Å². The summed E-state index contributed by atoms with van der Waals surface area (Å²) in [5.74, 6) is 5.91. The standard InChI is InChI=1S/C23H36O3.C23H34O2.C4H8O.CH3B/c1-15-10-17(25-6)12-18(11-15)26-14-19-16(2)20(24)13-21-22(3,4)8-7-9-23(19,21)5;1-16-12-18(24-6)14-19(13-16)25-15-20-17(2)8-9-21-22(3,4)10-7-11-23(20,21)5;1-2-4-5-3-1;1-2/h10-12,16,19-21,24H,7-9,13-14H2,1-6H3;8,12-14,20-21H,7,9-11,15H2,1-6H3;1-4H2;1H3/t16?,19-,20?,21-,23+;20-,21-,23+;;/m00../s1. The molecule has 2 aromatic carbocycles. The van der Waals surface area contributed by atoms with E-state index in [-0.39, 0.29) is 17.4 Å². The zero-order chi connectivity index (χ0) is 42.9. The third-order valence-corrected chi connectivity index (χ3v) is 15.3. The summed E-state index contributed by atoms with van der Waals surface area (Å²) in [6.07, 6.45) is 14.7. The number of aliphatic hydroxyl groups excluding tert-OH is 1. The van der Waals surface area contributed by atoms with Crippen LogP contribution in [0.15, 0.2) is 48.0 Å². The number of aliphatic hydroxyl groups is 1. The van der Waals surface area contributed by atoms with Crippen LogP contribution in [0.3, 0.4) is 0 Å². The lowest BCUT2D eigenvalue weighted by molar-refractivity contribution is -0.148. The normalized spacial score (nSPS) is 31.8. The van der Waals surface area contributed by atoms with Crippen molar-refractivity contribution in [3.05, 3.63) is 59.2 Å². The minimum absolute atomic E-state index is 0.230. The smallest absolute Gasteiger partial charge is 0.123 e. The van der Waals surface area contributed by atoms with E-state index in [2.05, 4.69) is 95.3 Å². The topological polar surface area (TPSA) is 66.4 Å². The molecule has 5 aliphatic rings. The lowest BCUT2D eigenvalue weighted by Crippen LogP contribution is -2.56. The van der Waals surface area contributed by atoms with Crippen molar-refractivity contribution >= 4 is 7.85 Å². The highest BCUT2D eigenvalue weighted by molar-refractivity contribution is 6.05. The average Bonchev–Trinajstić information content (AvgIpc) is 3.76. The number of hydrogen-bond donors (Lipinski definition) is 1. The Labute approximate surface area is 356 Å². The van der Waals surface area contributed by atoms with Crippen LogP contribution in [-0.4, -0.2) is 59.7 Å². The highest BCUT2D eigenvalue weighted by Crippen LogP contribution is 2.62. The van der Waals surface area contributed by atoms with Gasteiger partial charge in [-0.1, -0.05) is 79.8 Å². The van der Waals surface area contributed by atoms with E-state index < -0.39 is 0 Å². The number of ether oxygens (including phenoxy) is 5. The van der Waals surface area contributed by atoms with Gasteiger partial charge in [0.05, 0.1) is 41.4 Å². The number of hydrogen-bond acceptors (Lipinski definition) is 6. The SMILES string of the molecule is C1CCOC1.COc1cc(C)cc(OC[C@H]2C(C)=CC[C@H]3C(C)(C)CCC[C@]23C)c1.COc1cc(C)cc(OC[C@H]2C(C)C(O)C[C@H]3C(C)(C)CCC[C@]23C)c1.[B]C. The third-order valence-electron chi connectivity index (χ3n) is 15.3. The van der Waals surface area contributed by atoms with Gasteiger partial charge in [-0.3, -0.25) is 0 Å². The van der Waals surface area contributed by atoms with Gasteiger partial charge in [0.2, 0.25) is 0 Å². The van der Waals surface area contributed by atoms with Crippen LogP contribution in [0, 0.1) is 65.1 Å². The van der Waals surface area contributed by atoms with E-state index in [1.807, 2.05) is 24.3 Å². The molecular formula is C51H81BO6. The molecule has 6 nitrogen and oxygen atoms in total. The van der Waals surface area contributed by atoms with E-state index in [1.165, 1.54) is 75.7 Å². The second-order valence-electron chi connectivity index (χ2n) is 20.1. The minimum Gasteiger partial charge on any atom is -0.497 e. The second kappa shape index (κ2) is 20.8. The zero-order valence-electron chi connectivity index (χ0n) is 39.0. The van der Waals surface area contributed by atoms with Crippen LogP contribution in [0.5, 0.6) is 23.0 Å². The molecule has 2 unspecified atom stereocenters. The molecule has 0 amide bonds. The Kier molecular flexibility index (Phi) is 17.2. The molecule has 4 aliphatic carbocycles. The first-order valence-electron chi connectivity index (χ1n) is 22.5. The van der Waals surface area contributed by atoms with E-state index in [1.54, 1.807) is 14.2 Å². The summed E-state index contributed by atoms with van der Waals surface area (Å²) in [5, 5.41) is 10.8. The fourth-order valence-electron chi connectivity index (χ4n) is 12.0. The van der Waals surface area contributed by atoms with E-state index in [0.717, 1.165) is 60.7 Å². The second-order valence-corrected chi connectivity index (χ2v) is 20.1. The molecule has 324 valence electrons. The van der Waals surface area contributed by atoms with Gasteiger partial charge in [0, 0.05) is 37.2 Å². The van der Waals surface area contributed by atoms with Crippen LogP contribution < -0.4 is 18.9 Å². The van der Waals surface area contributed by atoms with Crippen molar-refractivity contribution in [3.8, 4) is 23.0 Å². The summed E-state index contributed by atoms with van der Waals surface area (Å²) < 4.78 is 28.3. The Morgan fingerprint density at radius 3 is 1.64 bits per heavy atom. The molecule has 8 atom stereocenters. The number of allylic oxidation sites excluding steroid dienone is 1. The molecule has 1 heterocycles. The molecule has 58 heavy (non-hydrogen) atoms. The lowest BCUT2D eigenvalue weighted by Gasteiger charge is -2.60. The largest absolute Gasteiger partial charge is 0.497 e. The van der Waals surface area contributed by atoms with Crippen molar-refractivity contribution in [3.63, 3.8) is 0 Å². The van der Waals surface area contributed by atoms with E-state index in [4.69, 9.17) is 23.7 Å². The Bertz CT molecular complexity index is 1610. The minimum atomic E-state index is -0.230. The monoisotopic (exact) mass is 801 g/mol. The maximum Gasteiger partial charge on any atom is 0.123 e. The first-order chi connectivity index (χ1) is 27.4. The maximum absolute atomic E-state index is 10.8. The fraction of sp³-hybridized carbons (Fsp3) is 0.725. The molecule has 1 N–H and O–H groups in total. The molecule has 4 fully saturated rings. The molecule has 3 saturated carbocycles. The number of methoxy groups -OCH3 is 2. The molecule has 1 saturated heterocycles. The number of aryl methyl sites for hydroxylation is 2. The zero-order valence-corrected chi connectivity index (χ0v) is 39.0. The first kappa shape index (κ1) is 48.0. The van der Waals surface area contributed by atoms with E-state index in [0.29, 0.717) is 40.6 Å². The fourth-order valence-corrected chi connectivity index (χ4v) is 12.0. The van der Waals surface area contributed by atoms with Gasteiger partial charge < -0.3 is 28.8 Å². The quantitative estimate of drug-likeness (QED) is 0.212. The molecule has 0 bridgehead atoms. The molecule has 0 spiro atoms. The van der Waals surface area contributed by atoms with Gasteiger partial charge in [0.15, 0.2) is 0 Å². The predicted octanol–water partition coefficient (Wildman–Crippen LogP) is 12.4. The average molecular weight is 801 g/mol. The van der Waals surface area contributed by atoms with Crippen LogP contribution in [0.4, 0.5) is 0 Å². The highest BCUT2D eigenvalue weighted by Gasteiger charge is 2.56. The summed E-state index contributed by atoms with van der Waals surface area (Å²) in [7, 11) is 7.90. The Balaban J connectivity index is 0.000000220. The van der Waals surface area contributed by atoms with Gasteiger partial charge >= 0.3 is 0 Å². The van der Waals surface area contributed by atoms with Crippen molar-refractivity contribution in [2.45, 2.75) is 146 Å². The Morgan fingerprint density at radius 1 is 0.655 bits per heavy atom. The summed E-state index contributed by atoms with van der Waals surface area (Å²) >= 11 is 0. The van der Waals surface area contributed by atoms with Crippen LogP contribution in [0.1, 0.15) is 131 Å². The van der Waals surface area contributed by atoms with Gasteiger partial charge in [0.1, 0.15) is 23.0 Å². The van der Waals surface area contributed by atoms with Crippen molar-refractivity contribution in [1.82, 2.24) is 0 Å². The summed E-state index contributed by atoms with van der Waals surface area (Å²) in [6.45, 7) is 28.2. The van der Waals surface area contributed by atoms with Crippen molar-refractivity contribution in [2.75, 3.05) is 40.6 Å². The van der Waals surface area contributed by atoms with E-state index >= 15 is 0 Å². The number of rotatable bonds is 8. The molecule has 7 rings (SSSR count). The summed E-state index contributed by atoms with van der Waals surface area (Å²) in [6, 6.07) is 12.2. The van der Waals surface area contributed by atoms with Gasteiger partial charge in [-0.15, -0.1) is 0 Å². The first-order valence-corrected chi connectivity index (χ1v) is 22.5. The molecule has 7 heteroatoms. The van der Waals surface area contributed by atoms with Crippen molar-refractivity contribution in [1.29, 1.82) is 0 Å².